The number of piperidine rings is 1. The van der Waals surface area contributed by atoms with Crippen molar-refractivity contribution in [1.82, 2.24) is 15.1 Å². The Kier molecular flexibility index (Phi) is 7.56. The monoisotopic (exact) mass is 415 g/mol. The molecule has 0 saturated carbocycles. The molecule has 2 aromatic rings. The van der Waals surface area contributed by atoms with E-state index in [4.69, 9.17) is 0 Å². The fourth-order valence-corrected chi connectivity index (χ4v) is 4.07. The number of carbonyl (C=O) groups excluding carboxylic acids is 1. The van der Waals surface area contributed by atoms with Crippen LogP contribution in [-0.2, 0) is 11.3 Å². The number of aryl methyl sites for hydroxylation is 1. The van der Waals surface area contributed by atoms with Gasteiger partial charge in [0.1, 0.15) is 11.6 Å². The molecule has 0 bridgehead atoms. The Labute approximate surface area is 177 Å². The summed E-state index contributed by atoms with van der Waals surface area (Å²) in [4.78, 5) is 17.1. The molecule has 2 unspecified atom stereocenters. The van der Waals surface area contributed by atoms with E-state index in [1.54, 1.807) is 19.1 Å². The molecule has 0 aliphatic carbocycles. The quantitative estimate of drug-likeness (QED) is 0.751. The molecule has 1 aliphatic rings. The zero-order valence-electron chi connectivity index (χ0n) is 18.0. The van der Waals surface area contributed by atoms with Gasteiger partial charge in [-0.1, -0.05) is 24.3 Å². The maximum Gasteiger partial charge on any atom is 0.224 e. The Morgan fingerprint density at radius 3 is 2.53 bits per heavy atom. The summed E-state index contributed by atoms with van der Waals surface area (Å²) in [6.45, 7) is 5.26. The van der Waals surface area contributed by atoms with Crippen LogP contribution in [0.3, 0.4) is 0 Å². The van der Waals surface area contributed by atoms with E-state index in [2.05, 4.69) is 10.2 Å². The minimum absolute atomic E-state index is 0.0597. The second-order valence-corrected chi connectivity index (χ2v) is 8.55. The molecule has 30 heavy (non-hydrogen) atoms. The van der Waals surface area contributed by atoms with Crippen LogP contribution in [0.1, 0.15) is 29.0 Å². The summed E-state index contributed by atoms with van der Waals surface area (Å²) >= 11 is 0. The first-order valence-electron chi connectivity index (χ1n) is 10.5. The van der Waals surface area contributed by atoms with Gasteiger partial charge in [-0.3, -0.25) is 9.69 Å². The van der Waals surface area contributed by atoms with E-state index in [1.165, 1.54) is 18.2 Å². The van der Waals surface area contributed by atoms with Crippen molar-refractivity contribution in [3.63, 3.8) is 0 Å². The number of likely N-dealkylation sites (N-methyl/N-ethyl adjacent to an activating group) is 1. The third kappa shape index (κ3) is 6.09. The summed E-state index contributed by atoms with van der Waals surface area (Å²) < 4.78 is 27.0. The van der Waals surface area contributed by atoms with Crippen molar-refractivity contribution in [2.45, 2.75) is 25.8 Å². The Morgan fingerprint density at radius 2 is 1.87 bits per heavy atom. The topological polar surface area (TPSA) is 35.6 Å². The zero-order valence-corrected chi connectivity index (χ0v) is 18.0. The molecule has 1 heterocycles. The van der Waals surface area contributed by atoms with E-state index in [1.807, 2.05) is 31.1 Å². The highest BCUT2D eigenvalue weighted by Gasteiger charge is 2.32. The van der Waals surface area contributed by atoms with Crippen molar-refractivity contribution in [1.29, 1.82) is 0 Å². The highest BCUT2D eigenvalue weighted by molar-refractivity contribution is 5.79. The second-order valence-electron chi connectivity index (χ2n) is 8.55. The van der Waals surface area contributed by atoms with E-state index in [9.17, 15) is 13.6 Å². The fourth-order valence-electron chi connectivity index (χ4n) is 4.07. The molecule has 1 amide bonds. The van der Waals surface area contributed by atoms with E-state index < -0.39 is 0 Å². The van der Waals surface area contributed by atoms with Crippen LogP contribution >= 0.6 is 0 Å². The van der Waals surface area contributed by atoms with Crippen LogP contribution in [0.4, 0.5) is 8.78 Å². The molecule has 4 nitrogen and oxygen atoms in total. The summed E-state index contributed by atoms with van der Waals surface area (Å²) in [6.07, 6.45) is 0.735. The molecule has 1 aliphatic heterocycles. The first kappa shape index (κ1) is 22.4. The van der Waals surface area contributed by atoms with Crippen LogP contribution in [-0.4, -0.2) is 56.0 Å². The smallest absolute Gasteiger partial charge is 0.224 e. The van der Waals surface area contributed by atoms with Crippen LogP contribution in [0.5, 0.6) is 0 Å². The number of rotatable bonds is 7. The van der Waals surface area contributed by atoms with Gasteiger partial charge in [0.25, 0.3) is 0 Å². The lowest BCUT2D eigenvalue weighted by Crippen LogP contribution is -2.46. The largest absolute Gasteiger partial charge is 0.355 e. The molecule has 6 heteroatoms. The molecule has 162 valence electrons. The number of likely N-dealkylation sites (tertiary alicyclic amines) is 1. The summed E-state index contributed by atoms with van der Waals surface area (Å²) in [5, 5.41) is 3.05. The second kappa shape index (κ2) is 10.1. The van der Waals surface area contributed by atoms with Crippen LogP contribution in [0, 0.1) is 24.5 Å². The Balaban J connectivity index is 1.75. The summed E-state index contributed by atoms with van der Waals surface area (Å²) in [7, 11) is 3.95. The number of halogens is 2. The third-order valence-corrected chi connectivity index (χ3v) is 5.73. The van der Waals surface area contributed by atoms with Crippen LogP contribution < -0.4 is 5.32 Å². The first-order valence-corrected chi connectivity index (χ1v) is 10.5. The van der Waals surface area contributed by atoms with Gasteiger partial charge in [-0.15, -0.1) is 0 Å². The minimum atomic E-state index is -0.254. The van der Waals surface area contributed by atoms with Crippen LogP contribution in [0.2, 0.25) is 0 Å². The zero-order chi connectivity index (χ0) is 21.7. The Morgan fingerprint density at radius 1 is 1.13 bits per heavy atom. The van der Waals surface area contributed by atoms with Gasteiger partial charge in [0.2, 0.25) is 5.91 Å². The number of carbonyl (C=O) groups is 1. The standard InChI is InChI=1S/C24H31F2N3O/c1-17-12-19(6-9-23(17)26)20-13-21(24(30)27-10-11-28(2)3)16-29(15-20)14-18-4-7-22(25)8-5-18/h4-9,12,20-21H,10-11,13-16H2,1-3H3,(H,27,30). The van der Waals surface area contributed by atoms with Crippen molar-refractivity contribution in [2.24, 2.45) is 5.92 Å². The normalized spacial score (nSPS) is 19.8. The Bertz CT molecular complexity index is 854. The number of benzene rings is 2. The first-order chi connectivity index (χ1) is 14.3. The van der Waals surface area contributed by atoms with Gasteiger partial charge in [0.15, 0.2) is 0 Å². The van der Waals surface area contributed by atoms with E-state index in [0.29, 0.717) is 25.2 Å². The van der Waals surface area contributed by atoms with Gasteiger partial charge in [-0.25, -0.2) is 8.78 Å². The molecular weight excluding hydrogens is 384 g/mol. The van der Waals surface area contributed by atoms with Gasteiger partial charge in [0.05, 0.1) is 5.92 Å². The van der Waals surface area contributed by atoms with Crippen molar-refractivity contribution in [3.8, 4) is 0 Å². The number of nitrogens with one attached hydrogen (secondary N) is 1. The predicted molar refractivity (Wildman–Crippen MR) is 115 cm³/mol. The summed E-state index contributed by atoms with van der Waals surface area (Å²) in [6, 6.07) is 11.7. The van der Waals surface area contributed by atoms with Crippen molar-refractivity contribution in [3.05, 3.63) is 70.8 Å². The lowest BCUT2D eigenvalue weighted by Gasteiger charge is -2.37. The molecule has 2 aromatic carbocycles. The van der Waals surface area contributed by atoms with Crippen LogP contribution in [0.15, 0.2) is 42.5 Å². The van der Waals surface area contributed by atoms with E-state index >= 15 is 0 Å². The van der Waals surface area contributed by atoms with E-state index in [-0.39, 0.29) is 29.4 Å². The SMILES string of the molecule is Cc1cc(C2CC(C(=O)NCCN(C)C)CN(Cc3ccc(F)cc3)C2)ccc1F. The molecule has 0 radical (unpaired) electrons. The lowest BCUT2D eigenvalue weighted by atomic mass is 9.83. The molecule has 1 fully saturated rings. The molecule has 3 rings (SSSR count). The van der Waals surface area contributed by atoms with Crippen molar-refractivity contribution < 1.29 is 13.6 Å². The lowest BCUT2D eigenvalue weighted by molar-refractivity contribution is -0.127. The highest BCUT2D eigenvalue weighted by Crippen LogP contribution is 2.32. The number of hydrogen-bond donors (Lipinski definition) is 1. The number of hydrogen-bond acceptors (Lipinski definition) is 3. The maximum absolute atomic E-state index is 13.8. The number of amides is 1. The van der Waals surface area contributed by atoms with Crippen molar-refractivity contribution >= 4 is 5.91 Å². The van der Waals surface area contributed by atoms with Gasteiger partial charge in [-0.05, 0) is 68.2 Å². The van der Waals surface area contributed by atoms with E-state index in [0.717, 1.165) is 30.6 Å². The van der Waals surface area contributed by atoms with Crippen LogP contribution in [0.25, 0.3) is 0 Å². The molecular formula is C24H31F2N3O. The molecule has 1 N–H and O–H groups in total. The predicted octanol–water partition coefficient (Wildman–Crippen LogP) is 3.56. The maximum atomic E-state index is 13.8. The minimum Gasteiger partial charge on any atom is -0.355 e. The average Bonchev–Trinajstić information content (AvgIpc) is 2.71. The number of nitrogens with zero attached hydrogens (tertiary/aromatic N) is 2. The fraction of sp³-hybridized carbons (Fsp3) is 0.458. The van der Waals surface area contributed by atoms with Gasteiger partial charge >= 0.3 is 0 Å². The van der Waals surface area contributed by atoms with Gasteiger partial charge in [-0.2, -0.15) is 0 Å². The average molecular weight is 416 g/mol. The van der Waals surface area contributed by atoms with Crippen molar-refractivity contribution in [2.75, 3.05) is 40.3 Å². The van der Waals surface area contributed by atoms with Gasteiger partial charge < -0.3 is 10.2 Å². The molecule has 0 spiro atoms. The summed E-state index contributed by atoms with van der Waals surface area (Å²) in [5.74, 6) is -0.407. The summed E-state index contributed by atoms with van der Waals surface area (Å²) in [5.41, 5.74) is 2.69. The molecule has 2 atom stereocenters. The molecule has 1 saturated heterocycles. The molecule has 0 aromatic heterocycles. The highest BCUT2D eigenvalue weighted by atomic mass is 19.1. The third-order valence-electron chi connectivity index (χ3n) is 5.73. The van der Waals surface area contributed by atoms with Gasteiger partial charge in [0, 0.05) is 32.7 Å². The Hall–Kier alpha value is -2.31.